The molecule has 172 valence electrons. The Balaban J connectivity index is 1.51. The van der Waals surface area contributed by atoms with Crippen LogP contribution in [0.3, 0.4) is 0 Å². The molecule has 2 aromatic heterocycles. The number of aromatic nitrogens is 1. The van der Waals surface area contributed by atoms with Gasteiger partial charge < -0.3 is 10.2 Å². The lowest BCUT2D eigenvalue weighted by atomic mass is 9.90. The molecule has 0 saturated carbocycles. The molecule has 0 spiro atoms. The van der Waals surface area contributed by atoms with E-state index in [2.05, 4.69) is 21.2 Å². The molecular formula is C26H29FN4OS. The lowest BCUT2D eigenvalue weighted by Crippen LogP contribution is -2.48. The molecule has 1 aliphatic carbocycles. The summed E-state index contributed by atoms with van der Waals surface area (Å²) < 4.78 is 14.4. The first-order valence-electron chi connectivity index (χ1n) is 11.7. The number of pyridine rings is 1. The van der Waals surface area contributed by atoms with Gasteiger partial charge in [-0.05, 0) is 55.5 Å². The van der Waals surface area contributed by atoms with E-state index in [9.17, 15) is 9.18 Å². The number of benzene rings is 1. The van der Waals surface area contributed by atoms with Gasteiger partial charge in [0.15, 0.2) is 0 Å². The van der Waals surface area contributed by atoms with E-state index in [1.54, 1.807) is 24.3 Å². The smallest absolute Gasteiger partial charge is 0.221 e. The standard InChI is InChI=1S/C26H29FN4OS/c1-18(32)29-26-24(19-8-2-5-12-23(19)33-26)25(21-10-6-7-13-28-21)31-16-14-30(15-17-31)22-11-4-3-9-20(22)27/h3-4,6-7,9-11,13,25H,2,5,8,12,14-17H2,1H3,(H,29,32). The third-order valence-corrected chi connectivity index (χ3v) is 7.84. The van der Waals surface area contributed by atoms with Gasteiger partial charge >= 0.3 is 0 Å². The number of carbonyl (C=O) groups excluding carboxylic acids is 1. The van der Waals surface area contributed by atoms with E-state index < -0.39 is 0 Å². The van der Waals surface area contributed by atoms with Crippen LogP contribution in [0, 0.1) is 5.82 Å². The number of fused-ring (bicyclic) bond motifs is 1. The molecule has 1 unspecified atom stereocenters. The number of thiophene rings is 1. The maximum Gasteiger partial charge on any atom is 0.221 e. The molecule has 0 bridgehead atoms. The van der Waals surface area contributed by atoms with E-state index in [0.29, 0.717) is 5.69 Å². The normalized spacial score (nSPS) is 17.5. The van der Waals surface area contributed by atoms with Crippen molar-refractivity contribution in [2.24, 2.45) is 0 Å². The number of hydrogen-bond donors (Lipinski definition) is 1. The van der Waals surface area contributed by atoms with Crippen LogP contribution in [0.25, 0.3) is 0 Å². The number of carbonyl (C=O) groups is 1. The summed E-state index contributed by atoms with van der Waals surface area (Å²) in [7, 11) is 0. The number of anilines is 2. The summed E-state index contributed by atoms with van der Waals surface area (Å²) in [6, 6.07) is 13.0. The molecule has 33 heavy (non-hydrogen) atoms. The molecule has 3 heterocycles. The third-order valence-electron chi connectivity index (χ3n) is 6.62. The highest BCUT2D eigenvalue weighted by Crippen LogP contribution is 2.45. The van der Waals surface area contributed by atoms with Gasteiger partial charge in [-0.15, -0.1) is 11.3 Å². The zero-order valence-corrected chi connectivity index (χ0v) is 19.7. The van der Waals surface area contributed by atoms with Crippen LogP contribution in [-0.2, 0) is 17.6 Å². The molecule has 1 amide bonds. The first-order valence-corrected chi connectivity index (χ1v) is 12.5. The average molecular weight is 465 g/mol. The fraction of sp³-hybridized carbons (Fsp3) is 0.385. The van der Waals surface area contributed by atoms with Crippen molar-refractivity contribution in [2.45, 2.75) is 38.6 Å². The molecular weight excluding hydrogens is 435 g/mol. The summed E-state index contributed by atoms with van der Waals surface area (Å²) in [5.41, 5.74) is 4.26. The predicted molar refractivity (Wildman–Crippen MR) is 132 cm³/mol. The number of halogens is 1. The van der Waals surface area contributed by atoms with Crippen LogP contribution >= 0.6 is 11.3 Å². The summed E-state index contributed by atoms with van der Waals surface area (Å²) >= 11 is 1.73. The Labute approximate surface area is 198 Å². The quantitative estimate of drug-likeness (QED) is 0.575. The van der Waals surface area contributed by atoms with Gasteiger partial charge in [-0.1, -0.05) is 18.2 Å². The number of nitrogens with one attached hydrogen (secondary N) is 1. The Bertz CT molecular complexity index is 1120. The molecule has 1 saturated heterocycles. The molecule has 1 atom stereocenters. The molecule has 3 aromatic rings. The first kappa shape index (κ1) is 22.0. The van der Waals surface area contributed by atoms with Crippen molar-refractivity contribution in [3.63, 3.8) is 0 Å². The monoisotopic (exact) mass is 464 g/mol. The molecule has 1 aliphatic heterocycles. The highest BCUT2D eigenvalue weighted by atomic mass is 32.1. The zero-order valence-electron chi connectivity index (χ0n) is 18.9. The lowest BCUT2D eigenvalue weighted by Gasteiger charge is -2.40. The van der Waals surface area contributed by atoms with Crippen molar-refractivity contribution in [1.82, 2.24) is 9.88 Å². The number of hydrogen-bond acceptors (Lipinski definition) is 5. The van der Waals surface area contributed by atoms with E-state index in [1.165, 1.54) is 34.9 Å². The largest absolute Gasteiger partial charge is 0.367 e. The maximum atomic E-state index is 14.4. The van der Waals surface area contributed by atoms with Gasteiger partial charge in [0.1, 0.15) is 10.8 Å². The zero-order chi connectivity index (χ0) is 22.8. The molecule has 1 aromatic carbocycles. The van der Waals surface area contributed by atoms with Gasteiger partial charge in [0.25, 0.3) is 0 Å². The van der Waals surface area contributed by atoms with E-state index in [1.807, 2.05) is 30.5 Å². The molecule has 5 nitrogen and oxygen atoms in total. The first-order chi connectivity index (χ1) is 16.1. The highest BCUT2D eigenvalue weighted by Gasteiger charge is 2.34. The molecule has 0 radical (unpaired) electrons. The molecule has 1 fully saturated rings. The van der Waals surface area contributed by atoms with Crippen LogP contribution < -0.4 is 10.2 Å². The van der Waals surface area contributed by atoms with Crippen molar-refractivity contribution in [2.75, 3.05) is 36.4 Å². The van der Waals surface area contributed by atoms with Crippen molar-refractivity contribution >= 4 is 27.9 Å². The number of para-hydroxylation sites is 1. The van der Waals surface area contributed by atoms with Gasteiger partial charge in [-0.2, -0.15) is 0 Å². The van der Waals surface area contributed by atoms with Crippen LogP contribution in [-0.4, -0.2) is 42.0 Å². The topological polar surface area (TPSA) is 48.5 Å². The van der Waals surface area contributed by atoms with Gasteiger partial charge in [0, 0.05) is 49.7 Å². The predicted octanol–water partition coefficient (Wildman–Crippen LogP) is 5.03. The van der Waals surface area contributed by atoms with Crippen LogP contribution in [0.2, 0.25) is 0 Å². The second-order valence-electron chi connectivity index (χ2n) is 8.77. The Hall–Kier alpha value is -2.77. The summed E-state index contributed by atoms with van der Waals surface area (Å²) in [6.07, 6.45) is 6.32. The van der Waals surface area contributed by atoms with Crippen molar-refractivity contribution < 1.29 is 9.18 Å². The lowest BCUT2D eigenvalue weighted by molar-refractivity contribution is -0.114. The second kappa shape index (κ2) is 9.61. The van der Waals surface area contributed by atoms with Crippen molar-refractivity contribution in [1.29, 1.82) is 0 Å². The summed E-state index contributed by atoms with van der Waals surface area (Å²) in [5, 5.41) is 4.09. The minimum Gasteiger partial charge on any atom is -0.367 e. The van der Waals surface area contributed by atoms with Gasteiger partial charge in [-0.25, -0.2) is 4.39 Å². The minimum absolute atomic E-state index is 0.0334. The SMILES string of the molecule is CC(=O)Nc1sc2c(c1C(c1ccccn1)N1CCN(c3ccccc3F)CC1)CCCC2. The second-order valence-corrected chi connectivity index (χ2v) is 9.87. The number of rotatable bonds is 5. The van der Waals surface area contributed by atoms with Crippen molar-refractivity contribution in [3.8, 4) is 0 Å². The van der Waals surface area contributed by atoms with E-state index in [4.69, 9.17) is 4.98 Å². The summed E-state index contributed by atoms with van der Waals surface area (Å²) in [4.78, 5) is 22.8. The van der Waals surface area contributed by atoms with E-state index in [0.717, 1.165) is 49.7 Å². The van der Waals surface area contributed by atoms with Gasteiger partial charge in [-0.3, -0.25) is 14.7 Å². The van der Waals surface area contributed by atoms with Crippen molar-refractivity contribution in [3.05, 3.63) is 76.2 Å². The van der Waals surface area contributed by atoms with Gasteiger partial charge in [0.05, 0.1) is 17.4 Å². The molecule has 5 rings (SSSR count). The number of piperazine rings is 1. The van der Waals surface area contributed by atoms with Crippen LogP contribution in [0.5, 0.6) is 0 Å². The number of amides is 1. The van der Waals surface area contributed by atoms with Crippen LogP contribution in [0.15, 0.2) is 48.7 Å². The highest BCUT2D eigenvalue weighted by molar-refractivity contribution is 7.16. The third kappa shape index (κ3) is 4.52. The Kier molecular flexibility index (Phi) is 6.42. The number of nitrogens with zero attached hydrogens (tertiary/aromatic N) is 3. The van der Waals surface area contributed by atoms with Crippen LogP contribution in [0.1, 0.15) is 47.5 Å². The molecule has 1 N–H and O–H groups in total. The molecule has 7 heteroatoms. The van der Waals surface area contributed by atoms with Gasteiger partial charge in [0.2, 0.25) is 5.91 Å². The number of aryl methyl sites for hydroxylation is 1. The molecule has 2 aliphatic rings. The van der Waals surface area contributed by atoms with E-state index >= 15 is 0 Å². The fourth-order valence-electron chi connectivity index (χ4n) is 5.12. The summed E-state index contributed by atoms with van der Waals surface area (Å²) in [5.74, 6) is -0.217. The Morgan fingerprint density at radius 1 is 1.06 bits per heavy atom. The minimum atomic E-state index is -0.174. The summed E-state index contributed by atoms with van der Waals surface area (Å²) in [6.45, 7) is 4.64. The Morgan fingerprint density at radius 3 is 2.55 bits per heavy atom. The van der Waals surface area contributed by atoms with Crippen LogP contribution in [0.4, 0.5) is 15.1 Å². The fourth-order valence-corrected chi connectivity index (χ4v) is 6.48. The average Bonchev–Trinajstić information content (AvgIpc) is 3.18. The van der Waals surface area contributed by atoms with E-state index in [-0.39, 0.29) is 17.8 Å². The Morgan fingerprint density at radius 2 is 1.82 bits per heavy atom. The maximum absolute atomic E-state index is 14.4.